The summed E-state index contributed by atoms with van der Waals surface area (Å²) in [5.74, 6) is -0.562. The highest BCUT2D eigenvalue weighted by atomic mass is 35.5. The summed E-state index contributed by atoms with van der Waals surface area (Å²) in [4.78, 5) is 28.2. The Balaban J connectivity index is 2.29. The number of nitrogens with one attached hydrogen (secondary N) is 1. The van der Waals surface area contributed by atoms with Crippen LogP contribution in [-0.2, 0) is 26.2 Å². The van der Waals surface area contributed by atoms with Gasteiger partial charge < -0.3 is 10.2 Å². The summed E-state index contributed by atoms with van der Waals surface area (Å²) < 4.78 is 26.2. The number of hydrogen-bond acceptors (Lipinski definition) is 4. The summed E-state index contributed by atoms with van der Waals surface area (Å²) in [6.07, 6.45) is 1.84. The maximum absolute atomic E-state index is 13.5. The Bertz CT molecular complexity index is 1170. The highest BCUT2D eigenvalue weighted by Crippen LogP contribution is 2.28. The van der Waals surface area contributed by atoms with Crippen LogP contribution in [0.2, 0.25) is 10.0 Å². The Kier molecular flexibility index (Phi) is 10.9. The zero-order valence-corrected chi connectivity index (χ0v) is 24.7. The fourth-order valence-electron chi connectivity index (χ4n) is 3.94. The number of carbonyl (C=O) groups is 2. The van der Waals surface area contributed by atoms with Gasteiger partial charge in [-0.25, -0.2) is 8.42 Å². The number of hydrogen-bond donors (Lipinski definition) is 1. The Morgan fingerprint density at radius 1 is 1.03 bits per heavy atom. The second kappa shape index (κ2) is 13.0. The van der Waals surface area contributed by atoms with Gasteiger partial charge in [0.25, 0.3) is 0 Å². The van der Waals surface area contributed by atoms with Gasteiger partial charge in [0, 0.05) is 40.7 Å². The second-order valence-electron chi connectivity index (χ2n) is 10.2. The molecular weight excluding hydrogens is 533 g/mol. The minimum absolute atomic E-state index is 0.0409. The van der Waals surface area contributed by atoms with Gasteiger partial charge in [0.05, 0.1) is 11.9 Å². The molecule has 0 aliphatic rings. The number of aryl methyl sites for hydroxylation is 1. The smallest absolute Gasteiger partial charge is 0.243 e. The van der Waals surface area contributed by atoms with E-state index in [1.807, 2.05) is 46.8 Å². The molecule has 0 heterocycles. The number of benzene rings is 2. The van der Waals surface area contributed by atoms with Gasteiger partial charge in [-0.1, -0.05) is 53.9 Å². The Hall–Kier alpha value is -2.29. The standard InChI is InChI=1S/C27H37Cl2N3O4S/c1-7-24(26(34)30-27(3,4)5)31(18-21-22(28)10-8-11-23(21)29)25(33)12-9-17-32(37(6,35)36)20-15-13-19(2)14-16-20/h8,10-11,13-16,24H,7,9,12,17-18H2,1-6H3,(H,30,34)/t24-/m0/s1. The molecule has 0 fully saturated rings. The molecule has 0 aliphatic carbocycles. The lowest BCUT2D eigenvalue weighted by molar-refractivity contribution is -0.142. The first kappa shape index (κ1) is 30.9. The minimum Gasteiger partial charge on any atom is -0.350 e. The van der Waals surface area contributed by atoms with Gasteiger partial charge in [0.1, 0.15) is 6.04 Å². The molecule has 0 spiro atoms. The number of anilines is 1. The molecule has 0 radical (unpaired) electrons. The van der Waals surface area contributed by atoms with E-state index < -0.39 is 21.6 Å². The molecular formula is C27H37Cl2N3O4S. The highest BCUT2D eigenvalue weighted by Gasteiger charge is 2.31. The molecule has 204 valence electrons. The maximum Gasteiger partial charge on any atom is 0.243 e. The van der Waals surface area contributed by atoms with Crippen LogP contribution in [0, 0.1) is 6.92 Å². The van der Waals surface area contributed by atoms with Crippen LogP contribution in [0.4, 0.5) is 5.69 Å². The Labute approximate surface area is 231 Å². The number of amides is 2. The van der Waals surface area contributed by atoms with E-state index in [-0.39, 0.29) is 37.7 Å². The Morgan fingerprint density at radius 2 is 1.59 bits per heavy atom. The first-order chi connectivity index (χ1) is 17.1. The SMILES string of the molecule is CC[C@@H](C(=O)NC(C)(C)C)N(Cc1c(Cl)cccc1Cl)C(=O)CCCN(c1ccc(C)cc1)S(C)(=O)=O. The van der Waals surface area contributed by atoms with E-state index in [4.69, 9.17) is 23.2 Å². The molecule has 2 aromatic carbocycles. The van der Waals surface area contributed by atoms with Crippen LogP contribution in [-0.4, -0.2) is 49.5 Å². The molecule has 2 amide bonds. The first-order valence-corrected chi connectivity index (χ1v) is 14.8. The highest BCUT2D eigenvalue weighted by molar-refractivity contribution is 7.92. The molecule has 37 heavy (non-hydrogen) atoms. The number of nitrogens with zero attached hydrogens (tertiary/aromatic N) is 2. The van der Waals surface area contributed by atoms with Crippen LogP contribution in [0.1, 0.15) is 58.1 Å². The fourth-order valence-corrected chi connectivity index (χ4v) is 5.42. The third-order valence-electron chi connectivity index (χ3n) is 5.75. The molecule has 0 saturated heterocycles. The third kappa shape index (κ3) is 9.20. The van der Waals surface area contributed by atoms with Crippen molar-refractivity contribution in [2.75, 3.05) is 17.1 Å². The number of halogens is 2. The number of carbonyl (C=O) groups excluding carboxylic acids is 2. The van der Waals surface area contributed by atoms with Crippen LogP contribution >= 0.6 is 23.2 Å². The van der Waals surface area contributed by atoms with E-state index in [0.717, 1.165) is 11.8 Å². The van der Waals surface area contributed by atoms with E-state index in [9.17, 15) is 18.0 Å². The third-order valence-corrected chi connectivity index (χ3v) is 7.65. The molecule has 0 aromatic heterocycles. The van der Waals surface area contributed by atoms with E-state index >= 15 is 0 Å². The van der Waals surface area contributed by atoms with Gasteiger partial charge in [-0.05, 0) is 64.8 Å². The molecule has 7 nitrogen and oxygen atoms in total. The average molecular weight is 571 g/mol. The molecule has 10 heteroatoms. The van der Waals surface area contributed by atoms with Gasteiger partial charge in [0.15, 0.2) is 0 Å². The van der Waals surface area contributed by atoms with Crippen molar-refractivity contribution in [1.29, 1.82) is 0 Å². The van der Waals surface area contributed by atoms with Crippen molar-refractivity contribution in [3.63, 3.8) is 0 Å². The largest absolute Gasteiger partial charge is 0.350 e. The predicted molar refractivity (Wildman–Crippen MR) is 152 cm³/mol. The average Bonchev–Trinajstić information content (AvgIpc) is 2.77. The van der Waals surface area contributed by atoms with E-state index in [2.05, 4.69) is 5.32 Å². The van der Waals surface area contributed by atoms with Crippen LogP contribution in [0.15, 0.2) is 42.5 Å². The topological polar surface area (TPSA) is 86.8 Å². The van der Waals surface area contributed by atoms with Gasteiger partial charge in [0.2, 0.25) is 21.8 Å². The quantitative estimate of drug-likeness (QED) is 0.383. The summed E-state index contributed by atoms with van der Waals surface area (Å²) in [5.41, 5.74) is 1.63. The Morgan fingerprint density at radius 3 is 2.08 bits per heavy atom. The zero-order chi connectivity index (χ0) is 28.0. The van der Waals surface area contributed by atoms with Crippen molar-refractivity contribution >= 4 is 50.7 Å². The summed E-state index contributed by atoms with van der Waals surface area (Å²) in [7, 11) is -3.55. The van der Waals surface area contributed by atoms with Crippen molar-refractivity contribution in [3.05, 3.63) is 63.6 Å². The summed E-state index contributed by atoms with van der Waals surface area (Å²) in [6, 6.07) is 11.5. The van der Waals surface area contributed by atoms with E-state index in [1.165, 1.54) is 9.21 Å². The molecule has 0 aliphatic heterocycles. The molecule has 1 atom stereocenters. The number of rotatable bonds is 11. The van der Waals surface area contributed by atoms with Gasteiger partial charge in [-0.3, -0.25) is 13.9 Å². The van der Waals surface area contributed by atoms with Crippen molar-refractivity contribution < 1.29 is 18.0 Å². The van der Waals surface area contributed by atoms with Crippen molar-refractivity contribution in [2.24, 2.45) is 0 Å². The van der Waals surface area contributed by atoms with Crippen LogP contribution in [0.25, 0.3) is 0 Å². The van der Waals surface area contributed by atoms with Gasteiger partial charge in [-0.15, -0.1) is 0 Å². The fraction of sp³-hybridized carbons (Fsp3) is 0.481. The molecule has 2 aromatic rings. The van der Waals surface area contributed by atoms with Crippen LogP contribution in [0.3, 0.4) is 0 Å². The van der Waals surface area contributed by atoms with Crippen LogP contribution in [0.5, 0.6) is 0 Å². The second-order valence-corrected chi connectivity index (χ2v) is 12.9. The van der Waals surface area contributed by atoms with Crippen molar-refractivity contribution in [3.8, 4) is 0 Å². The monoisotopic (exact) mass is 569 g/mol. The maximum atomic E-state index is 13.5. The van der Waals surface area contributed by atoms with Crippen molar-refractivity contribution in [1.82, 2.24) is 10.2 Å². The molecule has 0 unspecified atom stereocenters. The molecule has 0 saturated carbocycles. The van der Waals surface area contributed by atoms with Gasteiger partial charge in [-0.2, -0.15) is 0 Å². The van der Waals surface area contributed by atoms with Crippen LogP contribution < -0.4 is 9.62 Å². The first-order valence-electron chi connectivity index (χ1n) is 12.2. The summed E-state index contributed by atoms with van der Waals surface area (Å²) >= 11 is 12.8. The summed E-state index contributed by atoms with van der Waals surface area (Å²) in [5, 5.41) is 3.76. The molecule has 1 N–H and O–H groups in total. The van der Waals surface area contributed by atoms with E-state index in [0.29, 0.717) is 27.7 Å². The lowest BCUT2D eigenvalue weighted by Crippen LogP contribution is -2.53. The zero-order valence-electron chi connectivity index (χ0n) is 22.3. The number of sulfonamides is 1. The molecule has 0 bridgehead atoms. The summed E-state index contributed by atoms with van der Waals surface area (Å²) in [6.45, 7) is 9.57. The van der Waals surface area contributed by atoms with E-state index in [1.54, 1.807) is 30.3 Å². The minimum atomic E-state index is -3.55. The van der Waals surface area contributed by atoms with Crippen molar-refractivity contribution in [2.45, 2.75) is 72.0 Å². The van der Waals surface area contributed by atoms with Gasteiger partial charge >= 0.3 is 0 Å². The lowest BCUT2D eigenvalue weighted by atomic mass is 10.0. The normalized spacial score (nSPS) is 12.6. The predicted octanol–water partition coefficient (Wildman–Crippen LogP) is 5.57. The lowest BCUT2D eigenvalue weighted by Gasteiger charge is -2.33. The molecule has 2 rings (SSSR count).